The SMILES string of the molecule is C=CCc1cc(/C=C/CC#Cc2ccccc2)ccc1O. The molecule has 2 rings (SSSR count). The molecule has 1 heteroatoms. The van der Waals surface area contributed by atoms with Gasteiger partial charge in [-0.25, -0.2) is 0 Å². The molecule has 0 aliphatic heterocycles. The first-order valence-corrected chi connectivity index (χ1v) is 6.93. The normalized spacial score (nSPS) is 10.1. The lowest BCUT2D eigenvalue weighted by molar-refractivity contribution is 0.469. The first kappa shape index (κ1) is 14.7. The van der Waals surface area contributed by atoms with Crippen molar-refractivity contribution in [2.75, 3.05) is 0 Å². The molecule has 1 N–H and O–H groups in total. The van der Waals surface area contributed by atoms with Gasteiger partial charge >= 0.3 is 0 Å². The van der Waals surface area contributed by atoms with Crippen molar-refractivity contribution in [3.63, 3.8) is 0 Å². The second-order valence-corrected chi connectivity index (χ2v) is 4.66. The molecule has 0 fully saturated rings. The molecule has 0 aliphatic carbocycles. The Labute approximate surface area is 126 Å². The van der Waals surface area contributed by atoms with Gasteiger partial charge in [-0.3, -0.25) is 0 Å². The maximum absolute atomic E-state index is 9.71. The van der Waals surface area contributed by atoms with Crippen LogP contribution in [0.4, 0.5) is 0 Å². The van der Waals surface area contributed by atoms with Crippen molar-refractivity contribution in [2.45, 2.75) is 12.8 Å². The van der Waals surface area contributed by atoms with Crippen LogP contribution < -0.4 is 0 Å². The molecule has 0 saturated heterocycles. The standard InChI is InChI=1S/C20H18O/c1-2-9-19-16-18(14-15-20(19)21)13-8-4-7-12-17-10-5-3-6-11-17/h2-3,5-6,8,10-11,13-16,21H,1,4,9H2/b13-8+. The van der Waals surface area contributed by atoms with Gasteiger partial charge in [0.25, 0.3) is 0 Å². The summed E-state index contributed by atoms with van der Waals surface area (Å²) >= 11 is 0. The summed E-state index contributed by atoms with van der Waals surface area (Å²) in [6.07, 6.45) is 7.20. The van der Waals surface area contributed by atoms with Crippen molar-refractivity contribution < 1.29 is 5.11 Å². The topological polar surface area (TPSA) is 20.2 Å². The smallest absolute Gasteiger partial charge is 0.119 e. The zero-order valence-corrected chi connectivity index (χ0v) is 11.9. The zero-order chi connectivity index (χ0) is 14.9. The number of benzene rings is 2. The Kier molecular flexibility index (Phi) is 5.43. The molecule has 0 aliphatic rings. The lowest BCUT2D eigenvalue weighted by atomic mass is 10.1. The molecule has 0 heterocycles. The summed E-state index contributed by atoms with van der Waals surface area (Å²) in [4.78, 5) is 0. The largest absolute Gasteiger partial charge is 0.508 e. The summed E-state index contributed by atoms with van der Waals surface area (Å²) < 4.78 is 0. The van der Waals surface area contributed by atoms with E-state index in [0.29, 0.717) is 18.6 Å². The van der Waals surface area contributed by atoms with Crippen LogP contribution >= 0.6 is 0 Å². The molecule has 0 saturated carbocycles. The van der Waals surface area contributed by atoms with E-state index in [1.54, 1.807) is 12.1 Å². The summed E-state index contributed by atoms with van der Waals surface area (Å²) in [6, 6.07) is 15.5. The van der Waals surface area contributed by atoms with E-state index in [9.17, 15) is 5.11 Å². The quantitative estimate of drug-likeness (QED) is 0.639. The predicted molar refractivity (Wildman–Crippen MR) is 89.0 cm³/mol. The van der Waals surface area contributed by atoms with E-state index in [1.165, 1.54) is 0 Å². The van der Waals surface area contributed by atoms with Crippen molar-refractivity contribution in [1.29, 1.82) is 0 Å². The zero-order valence-electron chi connectivity index (χ0n) is 11.9. The molecule has 0 amide bonds. The highest BCUT2D eigenvalue weighted by Crippen LogP contribution is 2.20. The molecule has 0 bridgehead atoms. The summed E-state index contributed by atoms with van der Waals surface area (Å²) in [5.41, 5.74) is 2.98. The Morgan fingerprint density at radius 2 is 1.90 bits per heavy atom. The van der Waals surface area contributed by atoms with Crippen molar-refractivity contribution in [1.82, 2.24) is 0 Å². The average molecular weight is 274 g/mol. The van der Waals surface area contributed by atoms with Crippen LogP contribution in [0.15, 0.2) is 67.3 Å². The van der Waals surface area contributed by atoms with E-state index < -0.39 is 0 Å². The Morgan fingerprint density at radius 1 is 1.10 bits per heavy atom. The Bertz CT molecular complexity index is 685. The second kappa shape index (κ2) is 7.77. The van der Waals surface area contributed by atoms with Crippen molar-refractivity contribution in [2.24, 2.45) is 0 Å². The van der Waals surface area contributed by atoms with E-state index in [4.69, 9.17) is 0 Å². The number of allylic oxidation sites excluding steroid dienone is 2. The third kappa shape index (κ3) is 4.71. The average Bonchev–Trinajstić information content (AvgIpc) is 2.51. The maximum atomic E-state index is 9.71. The number of phenols is 1. The molecule has 104 valence electrons. The van der Waals surface area contributed by atoms with Gasteiger partial charge < -0.3 is 5.11 Å². The van der Waals surface area contributed by atoms with Gasteiger partial charge in [0.15, 0.2) is 0 Å². The van der Waals surface area contributed by atoms with Crippen molar-refractivity contribution in [3.8, 4) is 17.6 Å². The van der Waals surface area contributed by atoms with Crippen LogP contribution in [-0.4, -0.2) is 5.11 Å². The molecular weight excluding hydrogens is 256 g/mol. The van der Waals surface area contributed by atoms with E-state index in [-0.39, 0.29) is 0 Å². The highest BCUT2D eigenvalue weighted by atomic mass is 16.3. The van der Waals surface area contributed by atoms with Crippen LogP contribution in [0.25, 0.3) is 6.08 Å². The fourth-order valence-electron chi connectivity index (χ4n) is 1.96. The molecule has 0 spiro atoms. The third-order valence-corrected chi connectivity index (χ3v) is 3.00. The molecule has 21 heavy (non-hydrogen) atoms. The lowest BCUT2D eigenvalue weighted by Gasteiger charge is -2.02. The second-order valence-electron chi connectivity index (χ2n) is 4.66. The van der Waals surface area contributed by atoms with Crippen LogP contribution in [0.1, 0.15) is 23.1 Å². The highest BCUT2D eigenvalue weighted by Gasteiger charge is 1.98. The van der Waals surface area contributed by atoms with E-state index >= 15 is 0 Å². The Balaban J connectivity index is 1.97. The van der Waals surface area contributed by atoms with Gasteiger partial charge in [0.05, 0.1) is 0 Å². The van der Waals surface area contributed by atoms with Crippen molar-refractivity contribution >= 4 is 6.08 Å². The monoisotopic (exact) mass is 274 g/mol. The fourth-order valence-corrected chi connectivity index (χ4v) is 1.96. The van der Waals surface area contributed by atoms with E-state index in [1.807, 2.05) is 54.6 Å². The van der Waals surface area contributed by atoms with Gasteiger partial charge in [-0.05, 0) is 41.8 Å². The molecule has 1 nitrogen and oxygen atoms in total. The van der Waals surface area contributed by atoms with Gasteiger partial charge in [-0.15, -0.1) is 6.58 Å². The number of hydrogen-bond acceptors (Lipinski definition) is 1. The Hall–Kier alpha value is -2.72. The van der Waals surface area contributed by atoms with Crippen LogP contribution in [0.5, 0.6) is 5.75 Å². The molecule has 0 aromatic heterocycles. The lowest BCUT2D eigenvalue weighted by Crippen LogP contribution is -1.83. The third-order valence-electron chi connectivity index (χ3n) is 3.00. The number of aromatic hydroxyl groups is 1. The molecule has 2 aromatic rings. The first-order chi connectivity index (χ1) is 10.3. The molecular formula is C20H18O. The van der Waals surface area contributed by atoms with Crippen LogP contribution in [0.3, 0.4) is 0 Å². The van der Waals surface area contributed by atoms with Crippen LogP contribution in [0, 0.1) is 11.8 Å². The number of hydrogen-bond donors (Lipinski definition) is 1. The van der Waals surface area contributed by atoms with E-state index in [0.717, 1.165) is 16.7 Å². The minimum absolute atomic E-state index is 0.316. The van der Waals surface area contributed by atoms with Gasteiger partial charge in [0.2, 0.25) is 0 Å². The maximum Gasteiger partial charge on any atom is 0.119 e. The van der Waals surface area contributed by atoms with Crippen LogP contribution in [0.2, 0.25) is 0 Å². The van der Waals surface area contributed by atoms with Crippen LogP contribution in [-0.2, 0) is 6.42 Å². The molecule has 0 unspecified atom stereocenters. The summed E-state index contributed by atoms with van der Waals surface area (Å²) in [5.74, 6) is 6.55. The number of phenolic OH excluding ortho intramolecular Hbond substituents is 1. The first-order valence-electron chi connectivity index (χ1n) is 6.93. The number of rotatable bonds is 4. The van der Waals surface area contributed by atoms with Crippen molar-refractivity contribution in [3.05, 3.63) is 84.0 Å². The Morgan fingerprint density at radius 3 is 2.67 bits per heavy atom. The van der Waals surface area contributed by atoms with Gasteiger partial charge in [0.1, 0.15) is 5.75 Å². The summed E-state index contributed by atoms with van der Waals surface area (Å²) in [6.45, 7) is 3.69. The van der Waals surface area contributed by atoms with Gasteiger partial charge in [-0.2, -0.15) is 0 Å². The minimum atomic E-state index is 0.316. The minimum Gasteiger partial charge on any atom is -0.508 e. The fraction of sp³-hybridized carbons (Fsp3) is 0.100. The predicted octanol–water partition coefficient (Wildman–Crippen LogP) is 4.58. The van der Waals surface area contributed by atoms with Gasteiger partial charge in [0, 0.05) is 12.0 Å². The highest BCUT2D eigenvalue weighted by molar-refractivity contribution is 5.54. The summed E-state index contributed by atoms with van der Waals surface area (Å²) in [7, 11) is 0. The summed E-state index contributed by atoms with van der Waals surface area (Å²) in [5, 5.41) is 9.71. The molecule has 0 atom stereocenters. The molecule has 0 radical (unpaired) electrons. The molecule has 2 aromatic carbocycles. The van der Waals surface area contributed by atoms with E-state index in [2.05, 4.69) is 18.4 Å². The van der Waals surface area contributed by atoms with Gasteiger partial charge in [-0.1, -0.05) is 54.3 Å².